The third-order valence-electron chi connectivity index (χ3n) is 5.82. The van der Waals surface area contributed by atoms with E-state index in [0.717, 1.165) is 12.1 Å². The van der Waals surface area contributed by atoms with Gasteiger partial charge in [-0.05, 0) is 50.0 Å². The molecule has 0 bridgehead atoms. The number of nitrogens with zero attached hydrogens (tertiary/aromatic N) is 2. The predicted molar refractivity (Wildman–Crippen MR) is 137 cm³/mol. The van der Waals surface area contributed by atoms with E-state index in [1.165, 1.54) is 6.07 Å². The lowest BCUT2D eigenvalue weighted by molar-refractivity contribution is -0.131. The van der Waals surface area contributed by atoms with Crippen LogP contribution >= 0.6 is 11.6 Å². The standard InChI is InChI=1S/C25H30ClFN6O3/c1-14(2)21-31-20(23(35)29-11-12-33(3)4)25(32-21,24(28)36)15-5-8-17(9-6-15)30-22(34)18-10-7-16(27)13-19(18)26/h5-10,13-14,20H,11-12H2,1-4H3,(H2,28,36)(H,29,35)(H,30,34)(H,31,32). The molecule has 3 amide bonds. The van der Waals surface area contributed by atoms with E-state index in [0.29, 0.717) is 30.2 Å². The number of benzene rings is 2. The van der Waals surface area contributed by atoms with Crippen LogP contribution in [0.15, 0.2) is 47.5 Å². The number of hydrogen-bond acceptors (Lipinski definition) is 6. The summed E-state index contributed by atoms with van der Waals surface area (Å²) in [6, 6.07) is 8.71. The maximum atomic E-state index is 13.3. The van der Waals surface area contributed by atoms with Crippen molar-refractivity contribution < 1.29 is 18.8 Å². The second kappa shape index (κ2) is 11.0. The monoisotopic (exact) mass is 516 g/mol. The van der Waals surface area contributed by atoms with Gasteiger partial charge in [0.2, 0.25) is 5.91 Å². The molecule has 0 saturated carbocycles. The molecule has 36 heavy (non-hydrogen) atoms. The Morgan fingerprint density at radius 3 is 2.42 bits per heavy atom. The molecular formula is C25H30ClFN6O3. The highest BCUT2D eigenvalue weighted by molar-refractivity contribution is 6.34. The summed E-state index contributed by atoms with van der Waals surface area (Å²) in [4.78, 5) is 45.1. The van der Waals surface area contributed by atoms with Crippen molar-refractivity contribution >= 4 is 40.8 Å². The topological polar surface area (TPSA) is 129 Å². The average molecular weight is 517 g/mol. The summed E-state index contributed by atoms with van der Waals surface area (Å²) in [6.45, 7) is 4.77. The van der Waals surface area contributed by atoms with Crippen molar-refractivity contribution in [1.82, 2.24) is 15.5 Å². The number of aliphatic imine (C=N–C) groups is 1. The molecule has 2 atom stereocenters. The Morgan fingerprint density at radius 2 is 1.86 bits per heavy atom. The normalized spacial score (nSPS) is 19.1. The minimum absolute atomic E-state index is 0.0200. The van der Waals surface area contributed by atoms with E-state index in [4.69, 9.17) is 17.3 Å². The van der Waals surface area contributed by atoms with Gasteiger partial charge in [-0.3, -0.25) is 19.4 Å². The number of hydrogen-bond donors (Lipinski definition) is 4. The van der Waals surface area contributed by atoms with E-state index < -0.39 is 35.1 Å². The first-order valence-electron chi connectivity index (χ1n) is 11.4. The van der Waals surface area contributed by atoms with E-state index in [9.17, 15) is 18.8 Å². The third kappa shape index (κ3) is 5.66. The SMILES string of the molecule is CC(C)C1=NC(C(=O)NCCN(C)C)C(C(N)=O)(c2ccc(NC(=O)c3ccc(F)cc3Cl)cc2)N1. The van der Waals surface area contributed by atoms with Crippen LogP contribution < -0.4 is 21.7 Å². The molecule has 1 aliphatic heterocycles. The molecule has 192 valence electrons. The average Bonchev–Trinajstić information content (AvgIpc) is 3.22. The molecule has 3 rings (SSSR count). The molecule has 0 aliphatic carbocycles. The zero-order valence-corrected chi connectivity index (χ0v) is 21.3. The molecule has 0 radical (unpaired) electrons. The second-order valence-corrected chi connectivity index (χ2v) is 9.53. The number of halogens is 2. The summed E-state index contributed by atoms with van der Waals surface area (Å²) in [5, 5.41) is 8.60. The molecule has 1 aliphatic rings. The van der Waals surface area contributed by atoms with Crippen LogP contribution in [-0.4, -0.2) is 61.7 Å². The third-order valence-corrected chi connectivity index (χ3v) is 6.13. The molecule has 0 spiro atoms. The van der Waals surface area contributed by atoms with Crippen molar-refractivity contribution in [2.45, 2.75) is 25.4 Å². The lowest BCUT2D eigenvalue weighted by atomic mass is 9.82. The lowest BCUT2D eigenvalue weighted by Crippen LogP contribution is -2.61. The van der Waals surface area contributed by atoms with Crippen LogP contribution in [0, 0.1) is 11.7 Å². The first-order chi connectivity index (χ1) is 17.0. The van der Waals surface area contributed by atoms with Gasteiger partial charge in [-0.2, -0.15) is 0 Å². The maximum absolute atomic E-state index is 13.3. The highest BCUT2D eigenvalue weighted by Crippen LogP contribution is 2.34. The number of carbonyl (C=O) groups excluding carboxylic acids is 3. The fraction of sp³-hybridized carbons (Fsp3) is 0.360. The quantitative estimate of drug-likeness (QED) is 0.406. The number of carbonyl (C=O) groups is 3. The van der Waals surface area contributed by atoms with E-state index >= 15 is 0 Å². The van der Waals surface area contributed by atoms with E-state index in [2.05, 4.69) is 20.9 Å². The Hall–Kier alpha value is -3.50. The van der Waals surface area contributed by atoms with Gasteiger partial charge in [-0.15, -0.1) is 0 Å². The van der Waals surface area contributed by atoms with Crippen LogP contribution in [0.4, 0.5) is 10.1 Å². The zero-order valence-electron chi connectivity index (χ0n) is 20.6. The number of nitrogens with two attached hydrogens (primary N) is 1. The zero-order chi connectivity index (χ0) is 26.6. The fourth-order valence-corrected chi connectivity index (χ4v) is 4.10. The molecule has 11 heteroatoms. The smallest absolute Gasteiger partial charge is 0.257 e. The minimum atomic E-state index is -1.61. The van der Waals surface area contributed by atoms with E-state index in [-0.39, 0.29) is 16.5 Å². The molecule has 2 aromatic carbocycles. The van der Waals surface area contributed by atoms with Gasteiger partial charge in [-0.25, -0.2) is 4.39 Å². The van der Waals surface area contributed by atoms with E-state index in [1.54, 1.807) is 24.3 Å². The Morgan fingerprint density at radius 1 is 1.19 bits per heavy atom. The van der Waals surface area contributed by atoms with Crippen LogP contribution in [0.3, 0.4) is 0 Å². The van der Waals surface area contributed by atoms with Gasteiger partial charge in [0.1, 0.15) is 11.7 Å². The molecule has 0 fully saturated rings. The van der Waals surface area contributed by atoms with Crippen molar-refractivity contribution in [1.29, 1.82) is 0 Å². The van der Waals surface area contributed by atoms with Crippen LogP contribution in [0.1, 0.15) is 29.8 Å². The van der Waals surface area contributed by atoms with Gasteiger partial charge in [-0.1, -0.05) is 37.6 Å². The molecule has 2 aromatic rings. The van der Waals surface area contributed by atoms with E-state index in [1.807, 2.05) is 32.8 Å². The number of nitrogens with one attached hydrogen (secondary N) is 3. The number of amides is 3. The van der Waals surface area contributed by atoms with Crippen LogP contribution in [0.5, 0.6) is 0 Å². The fourth-order valence-electron chi connectivity index (χ4n) is 3.84. The van der Waals surface area contributed by atoms with Gasteiger partial charge in [0.05, 0.1) is 10.6 Å². The number of anilines is 1. The van der Waals surface area contributed by atoms with Gasteiger partial charge < -0.3 is 26.6 Å². The van der Waals surface area contributed by atoms with Crippen LogP contribution in [0.25, 0.3) is 0 Å². The molecular weight excluding hydrogens is 487 g/mol. The van der Waals surface area contributed by atoms with Gasteiger partial charge in [0.15, 0.2) is 11.6 Å². The summed E-state index contributed by atoms with van der Waals surface area (Å²) in [7, 11) is 3.77. The first kappa shape index (κ1) is 27.1. The molecule has 5 N–H and O–H groups in total. The van der Waals surface area contributed by atoms with Crippen molar-refractivity contribution in [2.24, 2.45) is 16.6 Å². The molecule has 2 unspecified atom stereocenters. The summed E-state index contributed by atoms with van der Waals surface area (Å²) in [5.74, 6) is -1.86. The Balaban J connectivity index is 1.89. The molecule has 0 aromatic heterocycles. The van der Waals surface area contributed by atoms with Crippen LogP contribution in [-0.2, 0) is 15.1 Å². The summed E-state index contributed by atoms with van der Waals surface area (Å²) < 4.78 is 13.3. The molecule has 1 heterocycles. The largest absolute Gasteiger partial charge is 0.367 e. The second-order valence-electron chi connectivity index (χ2n) is 9.12. The minimum Gasteiger partial charge on any atom is -0.367 e. The van der Waals surface area contributed by atoms with Crippen LogP contribution in [0.2, 0.25) is 5.02 Å². The molecule has 9 nitrogen and oxygen atoms in total. The number of likely N-dealkylation sites (N-methyl/N-ethyl adjacent to an activating group) is 1. The number of primary amides is 1. The van der Waals surface area contributed by atoms with Crippen molar-refractivity contribution in [2.75, 3.05) is 32.5 Å². The van der Waals surface area contributed by atoms with Gasteiger partial charge in [0, 0.05) is 24.7 Å². The molecule has 0 saturated heterocycles. The highest BCUT2D eigenvalue weighted by Gasteiger charge is 2.54. The predicted octanol–water partition coefficient (Wildman–Crippen LogP) is 2.12. The number of amidine groups is 1. The Bertz CT molecular complexity index is 1180. The van der Waals surface area contributed by atoms with Gasteiger partial charge in [0.25, 0.3) is 11.8 Å². The van der Waals surface area contributed by atoms with Crippen molar-refractivity contribution in [3.05, 3.63) is 64.4 Å². The Labute approximate surface area is 214 Å². The highest BCUT2D eigenvalue weighted by atomic mass is 35.5. The summed E-state index contributed by atoms with van der Waals surface area (Å²) in [6.07, 6.45) is 0. The van der Waals surface area contributed by atoms with Gasteiger partial charge >= 0.3 is 0 Å². The lowest BCUT2D eigenvalue weighted by Gasteiger charge is -2.32. The maximum Gasteiger partial charge on any atom is 0.257 e. The van der Waals surface area contributed by atoms with Crippen molar-refractivity contribution in [3.63, 3.8) is 0 Å². The number of rotatable bonds is 9. The first-order valence-corrected chi connectivity index (χ1v) is 11.8. The summed E-state index contributed by atoms with van der Waals surface area (Å²) in [5.41, 5.74) is 5.20. The summed E-state index contributed by atoms with van der Waals surface area (Å²) >= 11 is 5.98. The Kier molecular flexibility index (Phi) is 8.31. The van der Waals surface area contributed by atoms with Crippen molar-refractivity contribution in [3.8, 4) is 0 Å².